The number of nitrogens with zero attached hydrogens (tertiary/aromatic N) is 4. The Hall–Kier alpha value is -4.04. The van der Waals surface area contributed by atoms with E-state index < -0.39 is 45.2 Å². The van der Waals surface area contributed by atoms with Crippen LogP contribution >= 0.6 is 7.82 Å². The molecule has 13 nitrogen and oxygen atoms in total. The molecule has 0 spiro atoms. The van der Waals surface area contributed by atoms with Gasteiger partial charge in [0.1, 0.15) is 47.3 Å². The number of aromatic nitrogens is 4. The van der Waals surface area contributed by atoms with E-state index in [-0.39, 0.29) is 34.2 Å². The molecule has 0 bridgehead atoms. The van der Waals surface area contributed by atoms with Crippen LogP contribution in [0.2, 0.25) is 0 Å². The number of ether oxygens (including phenoxy) is 2. The van der Waals surface area contributed by atoms with Crippen LogP contribution in [-0.2, 0) is 13.8 Å². The normalized spacial score (nSPS) is 22.3. The minimum Gasteiger partial charge on any atom is -0.508 e. The molecule has 1 aliphatic rings. The van der Waals surface area contributed by atoms with Crippen LogP contribution < -0.4 is 19.5 Å². The van der Waals surface area contributed by atoms with E-state index in [1.54, 1.807) is 0 Å². The van der Waals surface area contributed by atoms with Gasteiger partial charge in [-0.3, -0.25) is 9.09 Å². The Bertz CT molecular complexity index is 1520. The highest BCUT2D eigenvalue weighted by Gasteiger charge is 2.55. The third kappa shape index (κ3) is 5.49. The molecule has 1 aliphatic heterocycles. The third-order valence-electron chi connectivity index (χ3n) is 6.10. The molecular formula is C24H24F2N5O8P. The summed E-state index contributed by atoms with van der Waals surface area (Å²) in [5.41, 5.74) is 3.85. The summed E-state index contributed by atoms with van der Waals surface area (Å²) in [6, 6.07) is 11.0. The number of hydrogen-bond acceptors (Lipinski definition) is 12. The molecular weight excluding hydrogens is 555 g/mol. The van der Waals surface area contributed by atoms with Crippen molar-refractivity contribution in [2.45, 2.75) is 30.8 Å². The van der Waals surface area contributed by atoms with Crippen LogP contribution in [0.3, 0.4) is 0 Å². The molecule has 1 fully saturated rings. The zero-order valence-electron chi connectivity index (χ0n) is 20.8. The number of nitrogen functional groups attached to an aromatic ring is 1. The largest absolute Gasteiger partial charge is 0.587 e. The average Bonchev–Trinajstić information content (AvgIpc) is 3.52. The van der Waals surface area contributed by atoms with Crippen LogP contribution in [0, 0.1) is 0 Å². The number of aromatic hydroxyl groups is 1. The number of rotatable bonds is 10. The summed E-state index contributed by atoms with van der Waals surface area (Å²) in [6.07, 6.45) is -4.21. The smallest absolute Gasteiger partial charge is 0.508 e. The lowest BCUT2D eigenvalue weighted by Gasteiger charge is -2.29. The summed E-state index contributed by atoms with van der Waals surface area (Å²) in [7, 11) is -3.20. The van der Waals surface area contributed by atoms with Crippen LogP contribution in [0.5, 0.6) is 23.0 Å². The number of aliphatic hydroxyl groups is 1. The highest BCUT2D eigenvalue weighted by atomic mass is 31.2. The van der Waals surface area contributed by atoms with Gasteiger partial charge in [0.15, 0.2) is 23.3 Å². The lowest BCUT2D eigenvalue weighted by Crippen LogP contribution is -2.42. The molecule has 2 aromatic carbocycles. The van der Waals surface area contributed by atoms with Crippen LogP contribution in [0.25, 0.3) is 11.2 Å². The van der Waals surface area contributed by atoms with Crippen molar-refractivity contribution in [2.24, 2.45) is 0 Å². The number of anilines is 1. The van der Waals surface area contributed by atoms with Crippen LogP contribution in [0.4, 0.5) is 14.6 Å². The summed E-state index contributed by atoms with van der Waals surface area (Å²) in [4.78, 5) is 11.9. The minimum absolute atomic E-state index is 0.00351. The van der Waals surface area contributed by atoms with Gasteiger partial charge in [0.25, 0.3) is 6.43 Å². The Morgan fingerprint density at radius 3 is 2.35 bits per heavy atom. The molecule has 4 N–H and O–H groups in total. The van der Waals surface area contributed by atoms with Gasteiger partial charge in [0.05, 0.1) is 13.7 Å². The zero-order valence-corrected chi connectivity index (χ0v) is 21.7. The second-order valence-corrected chi connectivity index (χ2v) is 10.3. The number of phenols is 1. The second kappa shape index (κ2) is 10.8. The molecule has 0 saturated carbocycles. The number of benzene rings is 2. The number of imidazole rings is 1. The minimum atomic E-state index is -4.66. The van der Waals surface area contributed by atoms with Crippen molar-refractivity contribution in [2.75, 3.05) is 19.5 Å². The number of methoxy groups -OCH3 is 1. The molecule has 4 aromatic rings. The molecule has 0 aliphatic carbocycles. The number of phosphoric acid groups is 1. The van der Waals surface area contributed by atoms with Crippen LogP contribution in [0.15, 0.2) is 61.2 Å². The van der Waals surface area contributed by atoms with E-state index in [1.807, 2.05) is 0 Å². The van der Waals surface area contributed by atoms with Crippen molar-refractivity contribution in [3.8, 4) is 23.0 Å². The highest BCUT2D eigenvalue weighted by molar-refractivity contribution is 7.49. The van der Waals surface area contributed by atoms with Gasteiger partial charge < -0.3 is 34.5 Å². The van der Waals surface area contributed by atoms with E-state index in [1.165, 1.54) is 72.9 Å². The van der Waals surface area contributed by atoms with Crippen LogP contribution in [0.1, 0.15) is 12.6 Å². The Balaban J connectivity index is 1.42. The first-order chi connectivity index (χ1) is 19.1. The first-order valence-electron chi connectivity index (χ1n) is 11.8. The molecule has 0 amide bonds. The number of aliphatic hydroxyl groups excluding tert-OH is 1. The first kappa shape index (κ1) is 27.5. The fourth-order valence-electron chi connectivity index (χ4n) is 4.11. The SMILES string of the molecule is COc1ccc(OP(=O)(OC[C@]2(C(F)F)C[C@@H](O)[C@H](n3cnc4ncnc(N)c43)O2)Oc2ccc(O)cc2)cc1. The standard InChI is InChI=1S/C24H24F2N5O8P/c1-35-15-6-8-17(9-7-15)39-40(34,38-16-4-2-14(32)3-5-16)36-11-24(23(25)26)10-18(33)22(37-24)31-13-30-21-19(31)20(27)28-12-29-21/h2-9,12-13,18,22-23,32-33H,10-11H2,1H3,(H2,27,28,29)/t18-,22-,24+,40?/m1/s1. The number of halogens is 2. The van der Waals surface area contributed by atoms with Crippen molar-refractivity contribution in [1.29, 1.82) is 0 Å². The van der Waals surface area contributed by atoms with Gasteiger partial charge in [-0.05, 0) is 48.5 Å². The van der Waals surface area contributed by atoms with Gasteiger partial charge in [-0.15, -0.1) is 0 Å². The molecule has 1 unspecified atom stereocenters. The summed E-state index contributed by atoms with van der Waals surface area (Å²) < 4.78 is 71.2. The topological polar surface area (TPSA) is 173 Å². The monoisotopic (exact) mass is 579 g/mol. The molecule has 5 rings (SSSR count). The molecule has 4 atom stereocenters. The molecule has 1 saturated heterocycles. The number of nitrogens with two attached hydrogens (primary N) is 1. The number of hydrogen-bond donors (Lipinski definition) is 3. The van der Waals surface area contributed by atoms with Crippen molar-refractivity contribution < 1.29 is 46.6 Å². The summed E-state index contributed by atoms with van der Waals surface area (Å²) >= 11 is 0. The summed E-state index contributed by atoms with van der Waals surface area (Å²) in [6.45, 7) is -0.998. The average molecular weight is 579 g/mol. The number of phosphoric ester groups is 1. The first-order valence-corrected chi connectivity index (χ1v) is 13.2. The van der Waals surface area contributed by atoms with Gasteiger partial charge in [-0.1, -0.05) is 0 Å². The Labute approximate surface area is 225 Å². The lowest BCUT2D eigenvalue weighted by atomic mass is 10.0. The van der Waals surface area contributed by atoms with Gasteiger partial charge in [0.2, 0.25) is 0 Å². The van der Waals surface area contributed by atoms with E-state index in [9.17, 15) is 23.6 Å². The maximum Gasteiger partial charge on any atom is 0.587 e. The fraction of sp³-hybridized carbons (Fsp3) is 0.292. The number of alkyl halides is 2. The van der Waals surface area contributed by atoms with Gasteiger partial charge >= 0.3 is 7.82 Å². The summed E-state index contributed by atoms with van der Waals surface area (Å²) in [5.74, 6) is 0.389. The predicted octanol–water partition coefficient (Wildman–Crippen LogP) is 3.69. The molecule has 0 radical (unpaired) electrons. The molecule has 2 aromatic heterocycles. The van der Waals surface area contributed by atoms with E-state index in [4.69, 9.17) is 28.8 Å². The quantitative estimate of drug-likeness (QED) is 0.233. The third-order valence-corrected chi connectivity index (χ3v) is 7.42. The summed E-state index contributed by atoms with van der Waals surface area (Å²) in [5, 5.41) is 20.3. The fourth-order valence-corrected chi connectivity index (χ4v) is 5.39. The van der Waals surface area contributed by atoms with Crippen molar-refractivity contribution >= 4 is 24.8 Å². The van der Waals surface area contributed by atoms with E-state index in [2.05, 4.69) is 15.0 Å². The van der Waals surface area contributed by atoms with Crippen molar-refractivity contribution in [3.05, 3.63) is 61.2 Å². The predicted molar refractivity (Wildman–Crippen MR) is 135 cm³/mol. The molecule has 3 heterocycles. The maximum absolute atomic E-state index is 14.5. The van der Waals surface area contributed by atoms with E-state index in [0.29, 0.717) is 5.75 Å². The van der Waals surface area contributed by atoms with Crippen LogP contribution in [-0.4, -0.2) is 61.6 Å². The van der Waals surface area contributed by atoms with Gasteiger partial charge in [0, 0.05) is 6.42 Å². The lowest BCUT2D eigenvalue weighted by molar-refractivity contribution is -0.169. The second-order valence-electron chi connectivity index (χ2n) is 8.80. The Morgan fingerprint density at radius 1 is 1.10 bits per heavy atom. The van der Waals surface area contributed by atoms with Gasteiger partial charge in [-0.2, -0.15) is 0 Å². The molecule has 40 heavy (non-hydrogen) atoms. The number of fused-ring (bicyclic) bond motifs is 1. The molecule has 16 heteroatoms. The van der Waals surface area contributed by atoms with Crippen molar-refractivity contribution in [1.82, 2.24) is 19.5 Å². The van der Waals surface area contributed by atoms with Crippen molar-refractivity contribution in [3.63, 3.8) is 0 Å². The van der Waals surface area contributed by atoms with Gasteiger partial charge in [-0.25, -0.2) is 28.3 Å². The maximum atomic E-state index is 14.5. The number of phenolic OH excluding ortho intramolecular Hbond substituents is 1. The highest BCUT2D eigenvalue weighted by Crippen LogP contribution is 2.52. The zero-order chi connectivity index (χ0) is 28.5. The molecule has 212 valence electrons. The Morgan fingerprint density at radius 2 is 1.73 bits per heavy atom. The van der Waals surface area contributed by atoms with E-state index in [0.717, 1.165) is 0 Å². The van der Waals surface area contributed by atoms with E-state index >= 15 is 0 Å². The Kier molecular flexibility index (Phi) is 7.47.